The Morgan fingerprint density at radius 2 is 2.11 bits per heavy atom. The third-order valence-electron chi connectivity index (χ3n) is 3.55. The van der Waals surface area contributed by atoms with E-state index in [0.29, 0.717) is 0 Å². The van der Waals surface area contributed by atoms with Crippen LogP contribution in [0.3, 0.4) is 0 Å². The van der Waals surface area contributed by atoms with Crippen molar-refractivity contribution in [2.45, 2.75) is 31.4 Å². The molecule has 2 rings (SSSR count). The first-order valence-electron chi connectivity index (χ1n) is 5.88. The molecular weight excluding hydrogens is 275 g/mol. The minimum Gasteiger partial charge on any atom is -0.391 e. The van der Waals surface area contributed by atoms with E-state index in [2.05, 4.69) is 0 Å². The molecule has 0 heterocycles. The van der Waals surface area contributed by atoms with Crippen LogP contribution in [0.4, 0.5) is 10.1 Å². The van der Waals surface area contributed by atoms with Gasteiger partial charge in [0, 0.05) is 5.56 Å². The summed E-state index contributed by atoms with van der Waals surface area (Å²) >= 11 is 0. The minimum absolute atomic E-state index is 0. The van der Waals surface area contributed by atoms with Gasteiger partial charge in [-0.2, -0.15) is 0 Å². The van der Waals surface area contributed by atoms with Gasteiger partial charge in [0.25, 0.3) is 5.69 Å². The molecular formula is C12H16ClFN2O3. The molecule has 1 aromatic rings. The average Bonchev–Trinajstić information content (AvgIpc) is 2.25. The molecule has 0 bridgehead atoms. The molecule has 0 saturated heterocycles. The largest absolute Gasteiger partial charge is 0.391 e. The molecule has 0 amide bonds. The Hall–Kier alpha value is -1.24. The molecule has 0 spiro atoms. The van der Waals surface area contributed by atoms with Crippen LogP contribution < -0.4 is 5.73 Å². The van der Waals surface area contributed by atoms with Gasteiger partial charge in [-0.05, 0) is 30.9 Å². The smallest absolute Gasteiger partial charge is 0.277 e. The van der Waals surface area contributed by atoms with Crippen molar-refractivity contribution >= 4 is 18.1 Å². The van der Waals surface area contributed by atoms with Crippen LogP contribution in [-0.4, -0.2) is 16.1 Å². The Morgan fingerprint density at radius 1 is 1.47 bits per heavy atom. The van der Waals surface area contributed by atoms with E-state index < -0.39 is 22.9 Å². The number of nitro groups is 1. The molecule has 7 heteroatoms. The van der Waals surface area contributed by atoms with Crippen molar-refractivity contribution in [2.75, 3.05) is 0 Å². The maximum atomic E-state index is 13.0. The molecule has 106 valence electrons. The molecule has 5 nitrogen and oxygen atoms in total. The van der Waals surface area contributed by atoms with Gasteiger partial charge in [-0.25, -0.2) is 4.39 Å². The van der Waals surface area contributed by atoms with Crippen molar-refractivity contribution in [2.24, 2.45) is 11.7 Å². The number of aliphatic hydroxyl groups excluding tert-OH is 1. The van der Waals surface area contributed by atoms with Crippen LogP contribution in [0, 0.1) is 21.8 Å². The maximum Gasteiger partial charge on any atom is 0.277 e. The summed E-state index contributed by atoms with van der Waals surface area (Å²) in [4.78, 5) is 10.2. The van der Waals surface area contributed by atoms with Crippen molar-refractivity contribution in [1.82, 2.24) is 0 Å². The van der Waals surface area contributed by atoms with Gasteiger partial charge in [0.2, 0.25) is 0 Å². The number of rotatable bonds is 4. The molecule has 0 aliphatic heterocycles. The van der Waals surface area contributed by atoms with Crippen LogP contribution in [0.25, 0.3) is 0 Å². The highest BCUT2D eigenvalue weighted by Gasteiger charge is 2.33. The van der Waals surface area contributed by atoms with Gasteiger partial charge in [-0.1, -0.05) is 6.42 Å². The summed E-state index contributed by atoms with van der Waals surface area (Å²) in [6, 6.07) is 2.38. The van der Waals surface area contributed by atoms with Gasteiger partial charge in [-0.3, -0.25) is 10.1 Å². The van der Waals surface area contributed by atoms with Crippen molar-refractivity contribution in [3.8, 4) is 0 Å². The SMILES string of the molecule is Cl.N[C@@H](c1ccc(F)cc1[N+](=O)[O-])[C@H](O)C1CCC1. The highest BCUT2D eigenvalue weighted by atomic mass is 35.5. The molecule has 0 unspecified atom stereocenters. The number of nitrogens with zero attached hydrogens (tertiary/aromatic N) is 1. The van der Waals surface area contributed by atoms with E-state index in [1.807, 2.05) is 0 Å². The predicted molar refractivity (Wildman–Crippen MR) is 70.6 cm³/mol. The molecule has 3 N–H and O–H groups in total. The number of hydrogen-bond acceptors (Lipinski definition) is 4. The molecule has 1 aliphatic rings. The number of aliphatic hydroxyl groups is 1. The zero-order chi connectivity index (χ0) is 13.3. The zero-order valence-corrected chi connectivity index (χ0v) is 11.0. The molecule has 19 heavy (non-hydrogen) atoms. The summed E-state index contributed by atoms with van der Waals surface area (Å²) in [7, 11) is 0. The van der Waals surface area contributed by atoms with Gasteiger partial charge < -0.3 is 10.8 Å². The van der Waals surface area contributed by atoms with Gasteiger partial charge in [-0.15, -0.1) is 12.4 Å². The average molecular weight is 291 g/mol. The van der Waals surface area contributed by atoms with E-state index >= 15 is 0 Å². The molecule has 2 atom stereocenters. The molecule has 0 radical (unpaired) electrons. The van der Waals surface area contributed by atoms with Crippen LogP contribution in [0.15, 0.2) is 18.2 Å². The third-order valence-corrected chi connectivity index (χ3v) is 3.55. The lowest BCUT2D eigenvalue weighted by molar-refractivity contribution is -0.386. The molecule has 1 aromatic carbocycles. The fourth-order valence-corrected chi connectivity index (χ4v) is 2.22. The number of hydrogen-bond donors (Lipinski definition) is 2. The van der Waals surface area contributed by atoms with Gasteiger partial charge in [0.05, 0.1) is 23.1 Å². The second kappa shape index (κ2) is 6.27. The van der Waals surface area contributed by atoms with E-state index in [4.69, 9.17) is 5.73 Å². The lowest BCUT2D eigenvalue weighted by Gasteiger charge is -2.33. The Balaban J connectivity index is 0.00000180. The Kier molecular flexibility index (Phi) is 5.22. The number of nitrogens with two attached hydrogens (primary N) is 1. The minimum atomic E-state index is -0.851. The Morgan fingerprint density at radius 3 is 2.58 bits per heavy atom. The summed E-state index contributed by atoms with van der Waals surface area (Å²) in [5, 5.41) is 20.9. The van der Waals surface area contributed by atoms with Crippen molar-refractivity contribution in [1.29, 1.82) is 0 Å². The van der Waals surface area contributed by atoms with Crippen LogP contribution in [0.1, 0.15) is 30.9 Å². The first-order valence-corrected chi connectivity index (χ1v) is 5.88. The van der Waals surface area contributed by atoms with Crippen molar-refractivity contribution in [3.05, 3.63) is 39.7 Å². The molecule has 1 aliphatic carbocycles. The molecule has 0 aromatic heterocycles. The number of nitro benzene ring substituents is 1. The number of halogens is 2. The van der Waals surface area contributed by atoms with E-state index in [-0.39, 0.29) is 29.6 Å². The first-order chi connectivity index (χ1) is 8.50. The molecule has 1 saturated carbocycles. The van der Waals surface area contributed by atoms with Gasteiger partial charge in [0.1, 0.15) is 5.82 Å². The van der Waals surface area contributed by atoms with Gasteiger partial charge >= 0.3 is 0 Å². The third kappa shape index (κ3) is 3.20. The van der Waals surface area contributed by atoms with Crippen molar-refractivity contribution in [3.63, 3.8) is 0 Å². The first kappa shape index (κ1) is 15.8. The summed E-state index contributed by atoms with van der Waals surface area (Å²) in [6.45, 7) is 0. The second-order valence-electron chi connectivity index (χ2n) is 4.67. The predicted octanol–water partition coefficient (Wildman–Crippen LogP) is 2.32. The number of benzene rings is 1. The maximum absolute atomic E-state index is 13.0. The summed E-state index contributed by atoms with van der Waals surface area (Å²) in [6.07, 6.45) is 1.98. The highest BCUT2D eigenvalue weighted by Crippen LogP contribution is 2.36. The molecule has 1 fully saturated rings. The monoisotopic (exact) mass is 290 g/mol. The fourth-order valence-electron chi connectivity index (χ4n) is 2.22. The van der Waals surface area contributed by atoms with E-state index in [1.165, 1.54) is 6.07 Å². The zero-order valence-electron chi connectivity index (χ0n) is 10.2. The fraction of sp³-hybridized carbons (Fsp3) is 0.500. The van der Waals surface area contributed by atoms with Crippen LogP contribution in [0.2, 0.25) is 0 Å². The van der Waals surface area contributed by atoms with Crippen LogP contribution in [-0.2, 0) is 0 Å². The summed E-state index contributed by atoms with van der Waals surface area (Å²) in [5.41, 5.74) is 5.67. The standard InChI is InChI=1S/C12H15FN2O3.ClH/c13-8-4-5-9(10(6-8)15(17)18)11(14)12(16)7-2-1-3-7;/h4-7,11-12,16H,1-3,14H2;1H/t11-,12+;/m0./s1. The summed E-state index contributed by atoms with van der Waals surface area (Å²) in [5.74, 6) is -0.597. The quantitative estimate of drug-likeness (QED) is 0.658. The topological polar surface area (TPSA) is 89.4 Å². The van der Waals surface area contributed by atoms with E-state index in [1.54, 1.807) is 0 Å². The van der Waals surface area contributed by atoms with Gasteiger partial charge in [0.15, 0.2) is 0 Å². The lowest BCUT2D eigenvalue weighted by atomic mass is 9.77. The Bertz CT molecular complexity index is 468. The van der Waals surface area contributed by atoms with Crippen LogP contribution in [0.5, 0.6) is 0 Å². The van der Waals surface area contributed by atoms with E-state index in [0.717, 1.165) is 31.4 Å². The van der Waals surface area contributed by atoms with Crippen molar-refractivity contribution < 1.29 is 14.4 Å². The highest BCUT2D eigenvalue weighted by molar-refractivity contribution is 5.85. The Labute approximate surface area is 116 Å². The second-order valence-corrected chi connectivity index (χ2v) is 4.67. The van der Waals surface area contributed by atoms with E-state index in [9.17, 15) is 19.6 Å². The normalized spacial score (nSPS) is 18.1. The summed E-state index contributed by atoms with van der Waals surface area (Å²) < 4.78 is 13.0. The lowest BCUT2D eigenvalue weighted by Crippen LogP contribution is -2.36. The van der Waals surface area contributed by atoms with Crippen LogP contribution >= 0.6 is 12.4 Å².